The Hall–Kier alpha value is -4.16. The molecule has 0 heterocycles. The van der Waals surface area contributed by atoms with E-state index in [0.717, 1.165) is 12.1 Å². The minimum absolute atomic E-state index is 0.0266. The first kappa shape index (κ1) is 25.5. The van der Waals surface area contributed by atoms with Gasteiger partial charge in [0.15, 0.2) is 6.61 Å². The van der Waals surface area contributed by atoms with Gasteiger partial charge in [-0.15, -0.1) is 3.89 Å². The highest BCUT2D eigenvalue weighted by Gasteiger charge is 2.14. The zero-order valence-electron chi connectivity index (χ0n) is 17.6. The van der Waals surface area contributed by atoms with Crippen molar-refractivity contribution in [3.63, 3.8) is 0 Å². The van der Waals surface area contributed by atoms with Crippen molar-refractivity contribution in [1.29, 1.82) is 0 Å². The van der Waals surface area contributed by atoms with E-state index in [1.54, 1.807) is 18.2 Å². The topological polar surface area (TPSA) is 151 Å². The summed E-state index contributed by atoms with van der Waals surface area (Å²) in [6.07, 6.45) is 0. The number of carboxylic acids is 1. The van der Waals surface area contributed by atoms with Gasteiger partial charge in [0.2, 0.25) is 0 Å². The molecule has 3 aromatic carbocycles. The van der Waals surface area contributed by atoms with Crippen molar-refractivity contribution in [3.05, 3.63) is 77.3 Å². The van der Waals surface area contributed by atoms with Crippen molar-refractivity contribution >= 4 is 56.8 Å². The van der Waals surface area contributed by atoms with Crippen molar-refractivity contribution in [2.24, 2.45) is 0 Å². The number of amides is 3. The van der Waals surface area contributed by atoms with E-state index in [2.05, 4.69) is 16.0 Å². The van der Waals surface area contributed by atoms with Crippen molar-refractivity contribution in [2.75, 3.05) is 22.6 Å². The van der Waals surface area contributed by atoms with Crippen LogP contribution in [0.1, 0.15) is 10.4 Å². The molecule has 3 amide bonds. The first-order chi connectivity index (χ1) is 16.5. The van der Waals surface area contributed by atoms with Gasteiger partial charge in [-0.1, -0.05) is 17.7 Å². The zero-order chi connectivity index (χ0) is 25.6. The number of hydrogen-bond acceptors (Lipinski definition) is 6. The second kappa shape index (κ2) is 10.8. The molecule has 13 heteroatoms. The van der Waals surface area contributed by atoms with Gasteiger partial charge in [0.1, 0.15) is 11.3 Å². The van der Waals surface area contributed by atoms with Gasteiger partial charge < -0.3 is 25.8 Å². The number of carbonyl (C=O) groups is 3. The quantitative estimate of drug-likeness (QED) is 0.321. The van der Waals surface area contributed by atoms with Gasteiger partial charge in [0.25, 0.3) is 5.91 Å². The van der Waals surface area contributed by atoms with Crippen LogP contribution in [0.3, 0.4) is 0 Å². The second-order valence-corrected chi connectivity index (χ2v) is 8.69. The number of ether oxygens (including phenoxy) is 1. The molecule has 10 nitrogen and oxygen atoms in total. The summed E-state index contributed by atoms with van der Waals surface area (Å²) in [7, 11) is -4.84. The average molecular weight is 522 g/mol. The van der Waals surface area contributed by atoms with Crippen molar-refractivity contribution in [1.82, 2.24) is 0 Å². The summed E-state index contributed by atoms with van der Waals surface area (Å²) in [4.78, 5) is 35.2. The number of benzene rings is 3. The van der Waals surface area contributed by atoms with Gasteiger partial charge in [-0.05, 0) is 60.7 Å². The van der Waals surface area contributed by atoms with Crippen LogP contribution in [-0.4, -0.2) is 38.0 Å². The highest BCUT2D eigenvalue weighted by atomic mass is 35.5. The van der Waals surface area contributed by atoms with E-state index in [9.17, 15) is 31.8 Å². The summed E-state index contributed by atoms with van der Waals surface area (Å²) in [5, 5.41) is 17.0. The number of anilines is 3. The SMILES string of the molecule is O=C(COc1ccc(Cl)cc1C(=O)O)Nc1cccc(NC(=O)Nc2ccc(S(=O)(=O)F)cc2)c1. The maximum Gasteiger partial charge on any atom is 0.339 e. The fraction of sp³-hybridized carbons (Fsp3) is 0.0455. The first-order valence-corrected chi connectivity index (χ1v) is 11.5. The molecule has 0 saturated carbocycles. The van der Waals surface area contributed by atoms with E-state index in [0.29, 0.717) is 11.4 Å². The fourth-order valence-corrected chi connectivity index (χ4v) is 3.44. The summed E-state index contributed by atoms with van der Waals surface area (Å²) in [6, 6.07) is 13.9. The normalized spacial score (nSPS) is 10.8. The second-order valence-electron chi connectivity index (χ2n) is 6.90. The molecule has 0 radical (unpaired) electrons. The third kappa shape index (κ3) is 7.42. The van der Waals surface area contributed by atoms with Gasteiger partial charge in [-0.25, -0.2) is 9.59 Å². The Morgan fingerprint density at radius 1 is 0.886 bits per heavy atom. The standard InChI is InChI=1S/C22H17ClFN3O7S/c23-13-4-9-19(18(10-13)21(29)30)34-12-20(28)25-15-2-1-3-16(11-15)27-22(31)26-14-5-7-17(8-6-14)35(24,32)33/h1-11H,12H2,(H,25,28)(H,29,30)(H2,26,27,31). The van der Waals surface area contributed by atoms with Gasteiger partial charge >= 0.3 is 22.2 Å². The Morgan fingerprint density at radius 3 is 2.14 bits per heavy atom. The molecule has 182 valence electrons. The number of hydrogen-bond donors (Lipinski definition) is 4. The lowest BCUT2D eigenvalue weighted by atomic mass is 10.2. The van der Waals surface area contributed by atoms with Crippen molar-refractivity contribution in [3.8, 4) is 5.75 Å². The Bertz CT molecular complexity index is 1380. The molecule has 0 aliphatic rings. The molecule has 0 atom stereocenters. The number of carbonyl (C=O) groups excluding carboxylic acids is 2. The fourth-order valence-electron chi connectivity index (χ4n) is 2.80. The van der Waals surface area contributed by atoms with Crippen LogP contribution in [0, 0.1) is 0 Å². The highest BCUT2D eigenvalue weighted by Crippen LogP contribution is 2.23. The van der Waals surface area contributed by atoms with E-state index in [4.69, 9.17) is 16.3 Å². The number of nitrogens with one attached hydrogen (secondary N) is 3. The van der Waals surface area contributed by atoms with Crippen LogP contribution in [0.4, 0.5) is 25.7 Å². The number of urea groups is 1. The molecule has 0 aromatic heterocycles. The van der Waals surface area contributed by atoms with Crippen LogP contribution in [0.5, 0.6) is 5.75 Å². The molecule has 0 fully saturated rings. The van der Waals surface area contributed by atoms with Crippen LogP contribution in [0.2, 0.25) is 5.02 Å². The molecule has 0 aliphatic carbocycles. The van der Waals surface area contributed by atoms with E-state index < -0.39 is 39.6 Å². The van der Waals surface area contributed by atoms with Crippen LogP contribution >= 0.6 is 11.6 Å². The smallest absolute Gasteiger partial charge is 0.339 e. The Morgan fingerprint density at radius 2 is 1.51 bits per heavy atom. The predicted octanol–water partition coefficient (Wildman–Crippen LogP) is 4.36. The van der Waals surface area contributed by atoms with E-state index >= 15 is 0 Å². The zero-order valence-corrected chi connectivity index (χ0v) is 19.2. The summed E-state index contributed by atoms with van der Waals surface area (Å²) >= 11 is 5.78. The molecular formula is C22H17ClFN3O7S. The molecule has 4 N–H and O–H groups in total. The van der Waals surface area contributed by atoms with Gasteiger partial charge in [0.05, 0.1) is 4.90 Å². The molecule has 0 unspecified atom stereocenters. The Labute approximate surface area is 203 Å². The lowest BCUT2D eigenvalue weighted by Crippen LogP contribution is -2.21. The largest absolute Gasteiger partial charge is 0.483 e. The third-order valence-corrected chi connectivity index (χ3v) is 5.40. The first-order valence-electron chi connectivity index (χ1n) is 9.69. The van der Waals surface area contributed by atoms with E-state index in [1.807, 2.05) is 0 Å². The number of carboxylic acid groups (broad SMARTS) is 1. The molecule has 3 aromatic rings. The number of aromatic carboxylic acids is 1. The minimum atomic E-state index is -4.84. The summed E-state index contributed by atoms with van der Waals surface area (Å²) in [5.74, 6) is -1.87. The summed E-state index contributed by atoms with van der Waals surface area (Å²) in [6.45, 7) is -0.481. The Kier molecular flexibility index (Phi) is 7.89. The molecule has 0 bridgehead atoms. The maximum atomic E-state index is 12.9. The third-order valence-electron chi connectivity index (χ3n) is 4.33. The molecule has 35 heavy (non-hydrogen) atoms. The minimum Gasteiger partial charge on any atom is -0.483 e. The van der Waals surface area contributed by atoms with Crippen LogP contribution < -0.4 is 20.7 Å². The Balaban J connectivity index is 1.56. The molecule has 0 spiro atoms. The van der Waals surface area contributed by atoms with Crippen LogP contribution in [-0.2, 0) is 15.0 Å². The van der Waals surface area contributed by atoms with Gasteiger partial charge in [-0.3, -0.25) is 4.79 Å². The van der Waals surface area contributed by atoms with E-state index in [1.165, 1.54) is 36.4 Å². The van der Waals surface area contributed by atoms with Crippen LogP contribution in [0.25, 0.3) is 0 Å². The van der Waals surface area contributed by atoms with Crippen molar-refractivity contribution < 1.29 is 36.5 Å². The maximum absolute atomic E-state index is 12.9. The monoisotopic (exact) mass is 521 g/mol. The molecular weight excluding hydrogens is 505 g/mol. The van der Waals surface area contributed by atoms with Gasteiger partial charge in [-0.2, -0.15) is 8.42 Å². The lowest BCUT2D eigenvalue weighted by Gasteiger charge is -2.11. The number of rotatable bonds is 8. The number of halogens is 2. The predicted molar refractivity (Wildman–Crippen MR) is 126 cm³/mol. The molecule has 3 rings (SSSR count). The summed E-state index contributed by atoms with van der Waals surface area (Å²) in [5.41, 5.74) is 0.668. The summed E-state index contributed by atoms with van der Waals surface area (Å²) < 4.78 is 39.9. The highest BCUT2D eigenvalue weighted by molar-refractivity contribution is 7.86. The van der Waals surface area contributed by atoms with Crippen molar-refractivity contribution in [2.45, 2.75) is 4.90 Å². The van der Waals surface area contributed by atoms with E-state index in [-0.39, 0.29) is 22.0 Å². The average Bonchev–Trinajstić information content (AvgIpc) is 2.78. The molecule has 0 aliphatic heterocycles. The van der Waals surface area contributed by atoms with Crippen LogP contribution in [0.15, 0.2) is 71.6 Å². The van der Waals surface area contributed by atoms with Gasteiger partial charge in [0, 0.05) is 22.1 Å². The lowest BCUT2D eigenvalue weighted by molar-refractivity contribution is -0.118. The molecule has 0 saturated heterocycles.